The van der Waals surface area contributed by atoms with Gasteiger partial charge in [0.15, 0.2) is 0 Å². The van der Waals surface area contributed by atoms with Crippen LogP contribution in [0.15, 0.2) is 18.6 Å². The molecule has 0 aliphatic carbocycles. The van der Waals surface area contributed by atoms with E-state index in [0.29, 0.717) is 6.04 Å². The SMILES string of the molecule is CNC(c1cnccn1)C1CN(C)CCN1C. The van der Waals surface area contributed by atoms with Gasteiger partial charge in [0.2, 0.25) is 0 Å². The van der Waals surface area contributed by atoms with Gasteiger partial charge >= 0.3 is 0 Å². The summed E-state index contributed by atoms with van der Waals surface area (Å²) in [6, 6.07) is 0.673. The molecule has 1 fully saturated rings. The summed E-state index contributed by atoms with van der Waals surface area (Å²) < 4.78 is 0. The molecule has 0 aromatic carbocycles. The van der Waals surface area contributed by atoms with E-state index >= 15 is 0 Å². The molecule has 2 unspecified atom stereocenters. The fourth-order valence-corrected chi connectivity index (χ4v) is 2.41. The minimum Gasteiger partial charge on any atom is -0.310 e. The molecule has 5 heteroatoms. The normalized spacial score (nSPS) is 24.8. The smallest absolute Gasteiger partial charge is 0.0772 e. The predicted molar refractivity (Wildman–Crippen MR) is 67.7 cm³/mol. The van der Waals surface area contributed by atoms with E-state index in [4.69, 9.17) is 0 Å². The summed E-state index contributed by atoms with van der Waals surface area (Å²) in [4.78, 5) is 13.3. The molecule has 2 rings (SSSR count). The van der Waals surface area contributed by atoms with Crippen LogP contribution in [0, 0.1) is 0 Å². The van der Waals surface area contributed by atoms with Gasteiger partial charge in [-0.3, -0.25) is 14.9 Å². The summed E-state index contributed by atoms with van der Waals surface area (Å²) in [6.07, 6.45) is 5.32. The van der Waals surface area contributed by atoms with Crippen molar-refractivity contribution >= 4 is 0 Å². The quantitative estimate of drug-likeness (QED) is 0.798. The second-order valence-corrected chi connectivity index (χ2v) is 4.71. The summed E-state index contributed by atoms with van der Waals surface area (Å²) in [7, 11) is 6.34. The first kappa shape index (κ1) is 12.4. The van der Waals surface area contributed by atoms with Crippen molar-refractivity contribution in [3.05, 3.63) is 24.3 Å². The molecule has 94 valence electrons. The van der Waals surface area contributed by atoms with E-state index in [1.807, 2.05) is 13.2 Å². The largest absolute Gasteiger partial charge is 0.310 e. The molecular formula is C12H21N5. The van der Waals surface area contributed by atoms with Crippen molar-refractivity contribution in [1.82, 2.24) is 25.1 Å². The number of rotatable bonds is 3. The first-order chi connectivity index (χ1) is 8.22. The zero-order valence-corrected chi connectivity index (χ0v) is 10.8. The molecule has 2 heterocycles. The van der Waals surface area contributed by atoms with Crippen LogP contribution in [0.3, 0.4) is 0 Å². The highest BCUT2D eigenvalue weighted by Crippen LogP contribution is 2.20. The van der Waals surface area contributed by atoms with Crippen LogP contribution in [0.4, 0.5) is 0 Å². The maximum absolute atomic E-state index is 4.41. The topological polar surface area (TPSA) is 44.3 Å². The minimum absolute atomic E-state index is 0.233. The maximum Gasteiger partial charge on any atom is 0.0772 e. The maximum atomic E-state index is 4.41. The Morgan fingerprint density at radius 1 is 1.35 bits per heavy atom. The van der Waals surface area contributed by atoms with Gasteiger partial charge in [-0.1, -0.05) is 0 Å². The number of likely N-dealkylation sites (N-methyl/N-ethyl adjacent to an activating group) is 3. The summed E-state index contributed by atoms with van der Waals surface area (Å²) >= 11 is 0. The molecule has 1 aliphatic heterocycles. The van der Waals surface area contributed by atoms with Crippen LogP contribution in [0.1, 0.15) is 11.7 Å². The van der Waals surface area contributed by atoms with E-state index in [1.165, 1.54) is 0 Å². The van der Waals surface area contributed by atoms with Gasteiger partial charge in [0.1, 0.15) is 0 Å². The summed E-state index contributed by atoms with van der Waals surface area (Å²) in [5.41, 5.74) is 1.02. The number of hydrogen-bond donors (Lipinski definition) is 1. The highest BCUT2D eigenvalue weighted by atomic mass is 15.3. The lowest BCUT2D eigenvalue weighted by atomic mass is 10.0. The molecule has 5 nitrogen and oxygen atoms in total. The second-order valence-electron chi connectivity index (χ2n) is 4.71. The highest BCUT2D eigenvalue weighted by molar-refractivity contribution is 5.07. The third kappa shape index (κ3) is 2.80. The number of piperazine rings is 1. The van der Waals surface area contributed by atoms with Crippen molar-refractivity contribution in [3.63, 3.8) is 0 Å². The Hall–Kier alpha value is -1.04. The van der Waals surface area contributed by atoms with Crippen LogP contribution in [0.5, 0.6) is 0 Å². The minimum atomic E-state index is 0.233. The third-order valence-electron chi connectivity index (χ3n) is 3.50. The predicted octanol–water partition coefficient (Wildman–Crippen LogP) is -0.0171. The monoisotopic (exact) mass is 235 g/mol. The molecule has 17 heavy (non-hydrogen) atoms. The van der Waals surface area contributed by atoms with Gasteiger partial charge in [-0.25, -0.2) is 0 Å². The number of aromatic nitrogens is 2. The average Bonchev–Trinajstić information content (AvgIpc) is 2.36. The zero-order chi connectivity index (χ0) is 12.3. The van der Waals surface area contributed by atoms with E-state index < -0.39 is 0 Å². The Bertz CT molecular complexity index is 342. The Balaban J connectivity index is 2.17. The van der Waals surface area contributed by atoms with Crippen molar-refractivity contribution in [2.24, 2.45) is 0 Å². The lowest BCUT2D eigenvalue weighted by Gasteiger charge is -2.41. The van der Waals surface area contributed by atoms with Gasteiger partial charge < -0.3 is 10.2 Å². The Morgan fingerprint density at radius 3 is 2.82 bits per heavy atom. The molecule has 0 radical (unpaired) electrons. The van der Waals surface area contributed by atoms with Crippen molar-refractivity contribution in [1.29, 1.82) is 0 Å². The molecule has 1 aromatic rings. The number of nitrogens with one attached hydrogen (secondary N) is 1. The van der Waals surface area contributed by atoms with E-state index in [1.54, 1.807) is 12.4 Å². The third-order valence-corrected chi connectivity index (χ3v) is 3.50. The molecule has 0 bridgehead atoms. The van der Waals surface area contributed by atoms with Crippen LogP contribution in [-0.2, 0) is 0 Å². The lowest BCUT2D eigenvalue weighted by Crippen LogP contribution is -2.54. The van der Waals surface area contributed by atoms with Crippen molar-refractivity contribution in [3.8, 4) is 0 Å². The van der Waals surface area contributed by atoms with Gasteiger partial charge in [0.05, 0.1) is 17.9 Å². The van der Waals surface area contributed by atoms with Gasteiger partial charge in [0.25, 0.3) is 0 Å². The Labute approximate surface area is 103 Å². The molecule has 1 N–H and O–H groups in total. The first-order valence-electron chi connectivity index (χ1n) is 6.04. The van der Waals surface area contributed by atoms with E-state index in [0.717, 1.165) is 25.3 Å². The van der Waals surface area contributed by atoms with Crippen molar-refractivity contribution in [2.75, 3.05) is 40.8 Å². The molecule has 1 aliphatic rings. The summed E-state index contributed by atoms with van der Waals surface area (Å²) in [5, 5.41) is 3.37. The fraction of sp³-hybridized carbons (Fsp3) is 0.667. The molecule has 0 saturated carbocycles. The standard InChI is InChI=1S/C12H21N5/c1-13-12(10-8-14-4-5-15-10)11-9-16(2)6-7-17(11)3/h4-5,8,11-13H,6-7,9H2,1-3H3. The van der Waals surface area contributed by atoms with E-state index in [-0.39, 0.29) is 6.04 Å². The van der Waals surface area contributed by atoms with Crippen LogP contribution >= 0.6 is 0 Å². The molecule has 1 saturated heterocycles. The second kappa shape index (κ2) is 5.53. The fourth-order valence-electron chi connectivity index (χ4n) is 2.41. The molecular weight excluding hydrogens is 214 g/mol. The van der Waals surface area contributed by atoms with Crippen LogP contribution in [0.2, 0.25) is 0 Å². The van der Waals surface area contributed by atoms with Crippen molar-refractivity contribution in [2.45, 2.75) is 12.1 Å². The molecule has 1 aromatic heterocycles. The average molecular weight is 235 g/mol. The van der Waals surface area contributed by atoms with Crippen LogP contribution < -0.4 is 5.32 Å². The Kier molecular flexibility index (Phi) is 4.04. The molecule has 0 spiro atoms. The van der Waals surface area contributed by atoms with Crippen LogP contribution in [0.25, 0.3) is 0 Å². The van der Waals surface area contributed by atoms with Gasteiger partial charge in [0, 0.05) is 38.1 Å². The van der Waals surface area contributed by atoms with Gasteiger partial charge in [-0.2, -0.15) is 0 Å². The zero-order valence-electron chi connectivity index (χ0n) is 10.8. The van der Waals surface area contributed by atoms with Crippen LogP contribution in [-0.4, -0.2) is 66.6 Å². The first-order valence-corrected chi connectivity index (χ1v) is 6.04. The van der Waals surface area contributed by atoms with E-state index in [9.17, 15) is 0 Å². The molecule has 0 amide bonds. The number of nitrogens with zero attached hydrogens (tertiary/aromatic N) is 4. The van der Waals surface area contributed by atoms with Gasteiger partial charge in [-0.05, 0) is 21.1 Å². The number of hydrogen-bond acceptors (Lipinski definition) is 5. The summed E-state index contributed by atoms with van der Waals surface area (Å²) in [6.45, 7) is 3.28. The van der Waals surface area contributed by atoms with Crippen molar-refractivity contribution < 1.29 is 0 Å². The lowest BCUT2D eigenvalue weighted by molar-refractivity contribution is 0.0885. The highest BCUT2D eigenvalue weighted by Gasteiger charge is 2.30. The van der Waals surface area contributed by atoms with Gasteiger partial charge in [-0.15, -0.1) is 0 Å². The summed E-state index contributed by atoms with van der Waals surface area (Å²) in [5.74, 6) is 0. The molecule has 2 atom stereocenters. The Morgan fingerprint density at radius 2 is 2.18 bits per heavy atom. The van der Waals surface area contributed by atoms with E-state index in [2.05, 4.69) is 39.2 Å².